The smallest absolute Gasteiger partial charge is 0.0617 e. The Morgan fingerprint density at radius 3 is 2.73 bits per heavy atom. The molecule has 1 saturated heterocycles. The van der Waals surface area contributed by atoms with E-state index in [1.807, 2.05) is 0 Å². The van der Waals surface area contributed by atoms with Gasteiger partial charge in [-0.1, -0.05) is 6.92 Å². The van der Waals surface area contributed by atoms with Crippen molar-refractivity contribution in [3.63, 3.8) is 0 Å². The van der Waals surface area contributed by atoms with E-state index in [0.29, 0.717) is 6.04 Å². The van der Waals surface area contributed by atoms with Crippen LogP contribution in [-0.4, -0.2) is 49.8 Å². The van der Waals surface area contributed by atoms with Crippen LogP contribution in [0.25, 0.3) is 0 Å². The highest BCUT2D eigenvalue weighted by atomic mass is 16.5. The number of hydrogen-bond donors (Lipinski definition) is 1. The molecule has 2 atom stereocenters. The molecule has 0 aromatic heterocycles. The Hall–Kier alpha value is -0.120. The summed E-state index contributed by atoms with van der Waals surface area (Å²) in [6.07, 6.45) is 5.30. The average Bonchev–Trinajstić information content (AvgIpc) is 2.92. The average molecular weight is 212 g/mol. The van der Waals surface area contributed by atoms with Gasteiger partial charge in [-0.15, -0.1) is 0 Å². The van der Waals surface area contributed by atoms with Crippen LogP contribution < -0.4 is 5.32 Å². The molecule has 0 bridgehead atoms. The number of rotatable bonds is 6. The number of hydrogen-bond acceptors (Lipinski definition) is 3. The molecule has 0 aromatic rings. The quantitative estimate of drug-likeness (QED) is 0.717. The molecular weight excluding hydrogens is 188 g/mol. The van der Waals surface area contributed by atoms with Gasteiger partial charge in [-0.3, -0.25) is 4.90 Å². The van der Waals surface area contributed by atoms with E-state index < -0.39 is 0 Å². The Labute approximate surface area is 93.2 Å². The van der Waals surface area contributed by atoms with Gasteiger partial charge in [0, 0.05) is 38.3 Å². The van der Waals surface area contributed by atoms with Crippen molar-refractivity contribution in [2.75, 3.05) is 26.8 Å². The lowest BCUT2D eigenvalue weighted by Gasteiger charge is -2.26. The first-order valence-corrected chi connectivity index (χ1v) is 6.32. The number of methoxy groups -OCH3 is 1. The third kappa shape index (κ3) is 3.16. The van der Waals surface area contributed by atoms with Gasteiger partial charge >= 0.3 is 0 Å². The molecule has 0 radical (unpaired) electrons. The maximum absolute atomic E-state index is 5.27. The summed E-state index contributed by atoms with van der Waals surface area (Å²) in [4.78, 5) is 2.59. The van der Waals surface area contributed by atoms with Crippen LogP contribution in [-0.2, 0) is 4.74 Å². The molecule has 15 heavy (non-hydrogen) atoms. The first-order valence-electron chi connectivity index (χ1n) is 6.32. The summed E-state index contributed by atoms with van der Waals surface area (Å²) in [5.41, 5.74) is 0. The minimum atomic E-state index is 0.626. The van der Waals surface area contributed by atoms with Crippen molar-refractivity contribution in [3.8, 4) is 0 Å². The van der Waals surface area contributed by atoms with Crippen LogP contribution in [0.2, 0.25) is 0 Å². The van der Waals surface area contributed by atoms with Crippen LogP contribution in [0.4, 0.5) is 0 Å². The van der Waals surface area contributed by atoms with Gasteiger partial charge in [0.25, 0.3) is 0 Å². The summed E-state index contributed by atoms with van der Waals surface area (Å²) in [5.74, 6) is 0. The van der Waals surface area contributed by atoms with Gasteiger partial charge in [0.05, 0.1) is 6.61 Å². The summed E-state index contributed by atoms with van der Waals surface area (Å²) in [6, 6.07) is 2.21. The fraction of sp³-hybridized carbons (Fsp3) is 1.00. The molecule has 0 aromatic carbocycles. The lowest BCUT2D eigenvalue weighted by atomic mass is 10.2. The van der Waals surface area contributed by atoms with Crippen molar-refractivity contribution in [1.29, 1.82) is 0 Å². The number of nitrogens with one attached hydrogen (secondary N) is 1. The fourth-order valence-electron chi connectivity index (χ4n) is 2.51. The molecule has 1 N–H and O–H groups in total. The Morgan fingerprint density at radius 1 is 1.33 bits per heavy atom. The van der Waals surface area contributed by atoms with E-state index in [-0.39, 0.29) is 0 Å². The second kappa shape index (κ2) is 5.28. The molecule has 1 aliphatic carbocycles. The topological polar surface area (TPSA) is 24.5 Å². The zero-order valence-electron chi connectivity index (χ0n) is 10.0. The SMILES string of the molecule is CCC(COC)N1CCC(NC2CC2)C1. The zero-order chi connectivity index (χ0) is 10.7. The molecule has 1 heterocycles. The first-order chi connectivity index (χ1) is 7.33. The van der Waals surface area contributed by atoms with Gasteiger partial charge in [0.1, 0.15) is 0 Å². The summed E-state index contributed by atoms with van der Waals surface area (Å²) in [5, 5.41) is 3.72. The van der Waals surface area contributed by atoms with E-state index in [4.69, 9.17) is 4.74 Å². The predicted molar refractivity (Wildman–Crippen MR) is 62.1 cm³/mol. The van der Waals surface area contributed by atoms with Crippen LogP contribution >= 0.6 is 0 Å². The second-order valence-corrected chi connectivity index (χ2v) is 4.94. The number of likely N-dealkylation sites (tertiary alicyclic amines) is 1. The standard InChI is InChI=1S/C12H24N2O/c1-3-12(9-15-2)14-7-6-11(8-14)13-10-4-5-10/h10-13H,3-9H2,1-2H3. The van der Waals surface area contributed by atoms with Crippen molar-refractivity contribution in [3.05, 3.63) is 0 Å². The molecule has 0 amide bonds. The van der Waals surface area contributed by atoms with Crippen LogP contribution in [0.15, 0.2) is 0 Å². The van der Waals surface area contributed by atoms with Crippen molar-refractivity contribution in [2.45, 2.75) is 50.7 Å². The fourth-order valence-corrected chi connectivity index (χ4v) is 2.51. The highest BCUT2D eigenvalue weighted by Gasteiger charge is 2.31. The van der Waals surface area contributed by atoms with Gasteiger partial charge in [0.15, 0.2) is 0 Å². The molecule has 1 saturated carbocycles. The van der Waals surface area contributed by atoms with E-state index >= 15 is 0 Å². The summed E-state index contributed by atoms with van der Waals surface area (Å²) in [6.45, 7) is 5.60. The van der Waals surface area contributed by atoms with E-state index in [0.717, 1.165) is 18.7 Å². The normalized spacial score (nSPS) is 29.6. The highest BCUT2D eigenvalue weighted by Crippen LogP contribution is 2.23. The highest BCUT2D eigenvalue weighted by molar-refractivity contribution is 4.91. The Balaban J connectivity index is 1.73. The molecule has 2 fully saturated rings. The lowest BCUT2D eigenvalue weighted by Crippen LogP contribution is -2.40. The molecule has 2 rings (SSSR count). The van der Waals surface area contributed by atoms with Crippen molar-refractivity contribution < 1.29 is 4.74 Å². The summed E-state index contributed by atoms with van der Waals surface area (Å²) in [7, 11) is 1.80. The van der Waals surface area contributed by atoms with Gasteiger partial charge in [-0.2, -0.15) is 0 Å². The molecule has 0 spiro atoms. The molecule has 2 unspecified atom stereocenters. The monoisotopic (exact) mass is 212 g/mol. The maximum atomic E-state index is 5.27. The Kier molecular flexibility index (Phi) is 4.00. The third-order valence-corrected chi connectivity index (χ3v) is 3.62. The summed E-state index contributed by atoms with van der Waals surface area (Å²) >= 11 is 0. The minimum Gasteiger partial charge on any atom is -0.383 e. The van der Waals surface area contributed by atoms with E-state index in [2.05, 4.69) is 17.1 Å². The number of nitrogens with zero attached hydrogens (tertiary/aromatic N) is 1. The van der Waals surface area contributed by atoms with E-state index in [1.54, 1.807) is 7.11 Å². The van der Waals surface area contributed by atoms with Gasteiger partial charge < -0.3 is 10.1 Å². The molecular formula is C12H24N2O. The molecule has 2 aliphatic rings. The largest absolute Gasteiger partial charge is 0.383 e. The van der Waals surface area contributed by atoms with Crippen LogP contribution in [0.1, 0.15) is 32.6 Å². The van der Waals surface area contributed by atoms with Crippen molar-refractivity contribution in [1.82, 2.24) is 10.2 Å². The Morgan fingerprint density at radius 2 is 2.13 bits per heavy atom. The van der Waals surface area contributed by atoms with Crippen LogP contribution in [0, 0.1) is 0 Å². The molecule has 3 heteroatoms. The van der Waals surface area contributed by atoms with E-state index in [1.165, 1.54) is 38.8 Å². The molecule has 3 nitrogen and oxygen atoms in total. The van der Waals surface area contributed by atoms with Gasteiger partial charge in [-0.05, 0) is 25.7 Å². The van der Waals surface area contributed by atoms with E-state index in [9.17, 15) is 0 Å². The number of ether oxygens (including phenoxy) is 1. The maximum Gasteiger partial charge on any atom is 0.0617 e. The summed E-state index contributed by atoms with van der Waals surface area (Å²) < 4.78 is 5.27. The van der Waals surface area contributed by atoms with Crippen LogP contribution in [0.3, 0.4) is 0 Å². The lowest BCUT2D eigenvalue weighted by molar-refractivity contribution is 0.101. The molecule has 1 aliphatic heterocycles. The van der Waals surface area contributed by atoms with Gasteiger partial charge in [0.2, 0.25) is 0 Å². The van der Waals surface area contributed by atoms with Crippen molar-refractivity contribution >= 4 is 0 Å². The minimum absolute atomic E-state index is 0.626. The predicted octanol–water partition coefficient (Wildman–Crippen LogP) is 1.24. The zero-order valence-corrected chi connectivity index (χ0v) is 10.0. The Bertz CT molecular complexity index is 194. The molecule has 88 valence electrons. The first kappa shape index (κ1) is 11.4. The second-order valence-electron chi connectivity index (χ2n) is 4.94. The third-order valence-electron chi connectivity index (χ3n) is 3.62. The van der Waals surface area contributed by atoms with Crippen LogP contribution in [0.5, 0.6) is 0 Å². The van der Waals surface area contributed by atoms with Gasteiger partial charge in [-0.25, -0.2) is 0 Å². The van der Waals surface area contributed by atoms with Crippen molar-refractivity contribution in [2.24, 2.45) is 0 Å².